The highest BCUT2D eigenvalue weighted by Gasteiger charge is 2.32. The second-order valence-corrected chi connectivity index (χ2v) is 6.19. The molecule has 0 unspecified atom stereocenters. The van der Waals surface area contributed by atoms with Gasteiger partial charge in [-0.3, -0.25) is 5.32 Å². The van der Waals surface area contributed by atoms with Gasteiger partial charge in [-0.05, 0) is 47.4 Å². The van der Waals surface area contributed by atoms with E-state index in [4.69, 9.17) is 0 Å². The number of hydrogen-bond donors (Lipinski definition) is 3. The summed E-state index contributed by atoms with van der Waals surface area (Å²) in [5.74, 6) is 0.505. The SMILES string of the molecule is CCC(NCc1ccccc1)(c1ccc(O)cc1)c1ccc(O)cc1. The quantitative estimate of drug-likeness (QED) is 0.621. The zero-order valence-electron chi connectivity index (χ0n) is 14.3. The number of aromatic hydroxyl groups is 2. The van der Waals surface area contributed by atoms with E-state index < -0.39 is 5.54 Å². The van der Waals surface area contributed by atoms with E-state index >= 15 is 0 Å². The van der Waals surface area contributed by atoms with Crippen LogP contribution in [-0.2, 0) is 12.1 Å². The van der Waals surface area contributed by atoms with E-state index in [1.165, 1.54) is 5.56 Å². The van der Waals surface area contributed by atoms with Crippen molar-refractivity contribution >= 4 is 0 Å². The van der Waals surface area contributed by atoms with Crippen molar-refractivity contribution in [3.05, 3.63) is 95.6 Å². The molecule has 25 heavy (non-hydrogen) atoms. The van der Waals surface area contributed by atoms with E-state index in [2.05, 4.69) is 24.4 Å². The van der Waals surface area contributed by atoms with Crippen molar-refractivity contribution in [1.82, 2.24) is 5.32 Å². The molecule has 3 N–H and O–H groups in total. The first-order valence-corrected chi connectivity index (χ1v) is 8.52. The average molecular weight is 333 g/mol. The summed E-state index contributed by atoms with van der Waals surface area (Å²) in [7, 11) is 0. The average Bonchev–Trinajstić information content (AvgIpc) is 2.66. The third-order valence-corrected chi connectivity index (χ3v) is 4.69. The van der Waals surface area contributed by atoms with Crippen LogP contribution in [0.3, 0.4) is 0 Å². The maximum atomic E-state index is 9.66. The van der Waals surface area contributed by atoms with E-state index in [1.807, 2.05) is 42.5 Å². The minimum Gasteiger partial charge on any atom is -0.508 e. The van der Waals surface area contributed by atoms with E-state index in [0.29, 0.717) is 0 Å². The molecule has 128 valence electrons. The van der Waals surface area contributed by atoms with Gasteiger partial charge >= 0.3 is 0 Å². The number of phenolic OH excluding ortho intramolecular Hbond substituents is 2. The molecular formula is C22H23NO2. The lowest BCUT2D eigenvalue weighted by Crippen LogP contribution is -2.42. The number of rotatable bonds is 6. The van der Waals surface area contributed by atoms with Crippen LogP contribution in [0.2, 0.25) is 0 Å². The molecule has 3 heteroatoms. The molecule has 0 fully saturated rings. The van der Waals surface area contributed by atoms with Crippen LogP contribution in [-0.4, -0.2) is 10.2 Å². The van der Waals surface area contributed by atoms with Crippen molar-refractivity contribution < 1.29 is 10.2 Å². The molecule has 3 nitrogen and oxygen atoms in total. The molecule has 0 aliphatic heterocycles. The molecule has 0 aliphatic rings. The van der Waals surface area contributed by atoms with Crippen LogP contribution < -0.4 is 5.32 Å². The van der Waals surface area contributed by atoms with Gasteiger partial charge < -0.3 is 10.2 Å². The topological polar surface area (TPSA) is 52.5 Å². The van der Waals surface area contributed by atoms with Gasteiger partial charge in [0.2, 0.25) is 0 Å². The van der Waals surface area contributed by atoms with Crippen molar-refractivity contribution in [3.63, 3.8) is 0 Å². The van der Waals surface area contributed by atoms with Gasteiger partial charge in [0.1, 0.15) is 11.5 Å². The predicted octanol–water partition coefficient (Wildman–Crippen LogP) is 4.54. The Morgan fingerprint density at radius 3 is 1.64 bits per heavy atom. The maximum Gasteiger partial charge on any atom is 0.115 e. The zero-order chi connectivity index (χ0) is 17.7. The van der Waals surface area contributed by atoms with Crippen molar-refractivity contribution in [2.24, 2.45) is 0 Å². The first kappa shape index (κ1) is 17.1. The molecule has 0 radical (unpaired) electrons. The Bertz CT molecular complexity index is 750. The van der Waals surface area contributed by atoms with Crippen LogP contribution in [0.4, 0.5) is 0 Å². The van der Waals surface area contributed by atoms with Crippen LogP contribution in [0.25, 0.3) is 0 Å². The maximum absolute atomic E-state index is 9.66. The fourth-order valence-electron chi connectivity index (χ4n) is 3.24. The molecule has 0 aromatic heterocycles. The van der Waals surface area contributed by atoms with Crippen molar-refractivity contribution in [1.29, 1.82) is 0 Å². The third kappa shape index (κ3) is 3.67. The minimum atomic E-state index is -0.406. The van der Waals surface area contributed by atoms with E-state index in [0.717, 1.165) is 24.1 Å². The Balaban J connectivity index is 2.02. The summed E-state index contributed by atoms with van der Waals surface area (Å²) in [4.78, 5) is 0. The smallest absolute Gasteiger partial charge is 0.115 e. The fourth-order valence-corrected chi connectivity index (χ4v) is 3.24. The Kier molecular flexibility index (Phi) is 5.05. The van der Waals surface area contributed by atoms with Gasteiger partial charge in [-0.15, -0.1) is 0 Å². The summed E-state index contributed by atoms with van der Waals surface area (Å²) in [6.07, 6.45) is 0.829. The second kappa shape index (κ2) is 7.41. The lowest BCUT2D eigenvalue weighted by Gasteiger charge is -2.36. The number of hydrogen-bond acceptors (Lipinski definition) is 3. The normalized spacial score (nSPS) is 11.4. The molecule has 0 saturated carbocycles. The lowest BCUT2D eigenvalue weighted by atomic mass is 9.80. The highest BCUT2D eigenvalue weighted by Crippen LogP contribution is 2.35. The predicted molar refractivity (Wildman–Crippen MR) is 101 cm³/mol. The molecular weight excluding hydrogens is 310 g/mol. The van der Waals surface area contributed by atoms with Gasteiger partial charge in [0.15, 0.2) is 0 Å². The van der Waals surface area contributed by atoms with Crippen LogP contribution >= 0.6 is 0 Å². The van der Waals surface area contributed by atoms with Gasteiger partial charge in [0.05, 0.1) is 5.54 Å². The Hall–Kier alpha value is -2.78. The van der Waals surface area contributed by atoms with E-state index in [1.54, 1.807) is 24.3 Å². The van der Waals surface area contributed by atoms with Crippen LogP contribution in [0.5, 0.6) is 11.5 Å². The summed E-state index contributed by atoms with van der Waals surface area (Å²) in [5, 5.41) is 23.0. The molecule has 0 heterocycles. The summed E-state index contributed by atoms with van der Waals surface area (Å²) in [5.41, 5.74) is 2.96. The second-order valence-electron chi connectivity index (χ2n) is 6.19. The molecule has 0 saturated heterocycles. The summed E-state index contributed by atoms with van der Waals surface area (Å²) in [6, 6.07) is 24.9. The summed E-state index contributed by atoms with van der Waals surface area (Å²) < 4.78 is 0. The molecule has 0 spiro atoms. The fraction of sp³-hybridized carbons (Fsp3) is 0.182. The molecule has 0 amide bonds. The zero-order valence-corrected chi connectivity index (χ0v) is 14.3. The standard InChI is InChI=1S/C22H23NO2/c1-2-22(18-8-12-20(24)13-9-18,19-10-14-21(25)15-11-19)23-16-17-6-4-3-5-7-17/h3-15,23-25H,2,16H2,1H3. The highest BCUT2D eigenvalue weighted by molar-refractivity contribution is 5.42. The van der Waals surface area contributed by atoms with Gasteiger partial charge in [-0.2, -0.15) is 0 Å². The lowest BCUT2D eigenvalue weighted by molar-refractivity contribution is 0.383. The molecule has 3 aromatic rings. The van der Waals surface area contributed by atoms with Gasteiger partial charge in [0, 0.05) is 6.54 Å². The Morgan fingerprint density at radius 1 is 0.720 bits per heavy atom. The molecule has 3 aromatic carbocycles. The summed E-state index contributed by atoms with van der Waals surface area (Å²) in [6.45, 7) is 2.86. The van der Waals surface area contributed by atoms with Crippen molar-refractivity contribution in [2.75, 3.05) is 0 Å². The molecule has 3 rings (SSSR count). The minimum absolute atomic E-state index is 0.252. The highest BCUT2D eigenvalue weighted by atomic mass is 16.3. The van der Waals surface area contributed by atoms with E-state index in [-0.39, 0.29) is 11.5 Å². The Morgan fingerprint density at radius 2 is 1.20 bits per heavy atom. The summed E-state index contributed by atoms with van der Waals surface area (Å²) >= 11 is 0. The molecule has 0 aliphatic carbocycles. The molecule has 0 bridgehead atoms. The number of benzene rings is 3. The van der Waals surface area contributed by atoms with Crippen LogP contribution in [0.15, 0.2) is 78.9 Å². The number of phenols is 2. The van der Waals surface area contributed by atoms with Crippen molar-refractivity contribution in [3.8, 4) is 11.5 Å². The van der Waals surface area contributed by atoms with Gasteiger partial charge in [-0.1, -0.05) is 61.5 Å². The third-order valence-electron chi connectivity index (χ3n) is 4.69. The first-order valence-electron chi connectivity index (χ1n) is 8.52. The van der Waals surface area contributed by atoms with Crippen molar-refractivity contribution in [2.45, 2.75) is 25.4 Å². The van der Waals surface area contributed by atoms with Crippen LogP contribution in [0.1, 0.15) is 30.0 Å². The van der Waals surface area contributed by atoms with Gasteiger partial charge in [-0.25, -0.2) is 0 Å². The molecule has 0 atom stereocenters. The monoisotopic (exact) mass is 333 g/mol. The van der Waals surface area contributed by atoms with E-state index in [9.17, 15) is 10.2 Å². The number of nitrogens with one attached hydrogen (secondary N) is 1. The largest absolute Gasteiger partial charge is 0.508 e. The van der Waals surface area contributed by atoms with Gasteiger partial charge in [0.25, 0.3) is 0 Å². The van der Waals surface area contributed by atoms with Crippen LogP contribution in [0, 0.1) is 0 Å². The first-order chi connectivity index (χ1) is 12.1. The Labute approximate surface area is 148 Å².